The second-order valence-electron chi connectivity index (χ2n) is 5.70. The van der Waals surface area contributed by atoms with E-state index >= 15 is 0 Å². The van der Waals surface area contributed by atoms with Crippen LogP contribution in [0.15, 0.2) is 53.9 Å². The van der Waals surface area contributed by atoms with Gasteiger partial charge < -0.3 is 9.47 Å². The average molecular weight is 383 g/mol. The second-order valence-corrected chi connectivity index (χ2v) is 6.56. The van der Waals surface area contributed by atoms with Crippen molar-refractivity contribution in [2.24, 2.45) is 0 Å². The fourth-order valence-electron chi connectivity index (χ4n) is 2.59. The fraction of sp³-hybridized carbons (Fsp3) is 0.111. The van der Waals surface area contributed by atoms with Gasteiger partial charge in [0.2, 0.25) is 0 Å². The van der Waals surface area contributed by atoms with Crippen LogP contribution in [0, 0.1) is 10.1 Å². The van der Waals surface area contributed by atoms with Gasteiger partial charge >= 0.3 is 0 Å². The number of non-ortho nitro benzene ring substituents is 1. The van der Waals surface area contributed by atoms with Crippen LogP contribution in [0.2, 0.25) is 0 Å². The van der Waals surface area contributed by atoms with Crippen LogP contribution in [0.25, 0.3) is 0 Å². The Labute approximate surface area is 157 Å². The number of amides is 1. The number of hydrogen-bond acceptors (Lipinski definition) is 7. The largest absolute Gasteiger partial charge is 0.485 e. The summed E-state index contributed by atoms with van der Waals surface area (Å²) in [6.45, 7) is 0.318. The van der Waals surface area contributed by atoms with Crippen molar-refractivity contribution in [3.05, 3.63) is 75.3 Å². The molecule has 1 aromatic heterocycles. The van der Waals surface area contributed by atoms with Gasteiger partial charge in [0.1, 0.15) is 6.61 Å². The third-order valence-corrected chi connectivity index (χ3v) is 4.68. The van der Waals surface area contributed by atoms with E-state index in [1.165, 1.54) is 35.6 Å². The lowest BCUT2D eigenvalue weighted by Gasteiger charge is -2.25. The number of nitro groups is 1. The SMILES string of the molecule is O=C(Nc1nc([C@@H]2COc3ccccc3O2)cs1)c1cccc([N+](=O)[O-])c1. The number of para-hydroxylation sites is 2. The molecule has 0 unspecified atom stereocenters. The highest BCUT2D eigenvalue weighted by Crippen LogP contribution is 2.36. The summed E-state index contributed by atoms with van der Waals surface area (Å²) in [5.41, 5.74) is 0.685. The highest BCUT2D eigenvalue weighted by molar-refractivity contribution is 7.14. The number of benzene rings is 2. The quantitative estimate of drug-likeness (QED) is 0.543. The van der Waals surface area contributed by atoms with Crippen LogP contribution in [0.3, 0.4) is 0 Å². The van der Waals surface area contributed by atoms with Crippen LogP contribution in [-0.2, 0) is 0 Å². The minimum absolute atomic E-state index is 0.145. The maximum atomic E-state index is 12.3. The predicted octanol–water partition coefficient (Wildman–Crippen LogP) is 3.82. The number of ether oxygens (including phenoxy) is 2. The molecule has 8 nitrogen and oxygen atoms in total. The van der Waals surface area contributed by atoms with Crippen molar-refractivity contribution in [3.63, 3.8) is 0 Å². The summed E-state index contributed by atoms with van der Waals surface area (Å²) in [5, 5.41) is 15.7. The number of fused-ring (bicyclic) bond motifs is 1. The first-order valence-electron chi connectivity index (χ1n) is 8.00. The Morgan fingerprint density at radius 1 is 1.22 bits per heavy atom. The molecule has 0 bridgehead atoms. The lowest BCUT2D eigenvalue weighted by Crippen LogP contribution is -2.22. The van der Waals surface area contributed by atoms with Gasteiger partial charge in [-0.1, -0.05) is 18.2 Å². The van der Waals surface area contributed by atoms with Crippen LogP contribution in [0.5, 0.6) is 11.5 Å². The maximum Gasteiger partial charge on any atom is 0.270 e. The normalized spacial score (nSPS) is 15.2. The number of carbonyl (C=O) groups is 1. The second kappa shape index (κ2) is 7.04. The van der Waals surface area contributed by atoms with E-state index in [9.17, 15) is 14.9 Å². The topological polar surface area (TPSA) is 104 Å². The molecule has 2 aromatic carbocycles. The minimum Gasteiger partial charge on any atom is -0.485 e. The summed E-state index contributed by atoms with van der Waals surface area (Å²) in [6.07, 6.45) is -0.375. The van der Waals surface area contributed by atoms with Crippen LogP contribution in [0.1, 0.15) is 22.2 Å². The van der Waals surface area contributed by atoms with Crippen LogP contribution in [0.4, 0.5) is 10.8 Å². The molecule has 136 valence electrons. The zero-order valence-corrected chi connectivity index (χ0v) is 14.6. The number of nitrogens with one attached hydrogen (secondary N) is 1. The molecule has 0 radical (unpaired) electrons. The van der Waals surface area contributed by atoms with Gasteiger partial charge in [-0.15, -0.1) is 11.3 Å². The van der Waals surface area contributed by atoms with Gasteiger partial charge in [-0.05, 0) is 18.2 Å². The Hall–Kier alpha value is -3.46. The molecule has 27 heavy (non-hydrogen) atoms. The van der Waals surface area contributed by atoms with Gasteiger partial charge in [0, 0.05) is 23.1 Å². The van der Waals surface area contributed by atoms with Gasteiger partial charge in [0.05, 0.1) is 10.6 Å². The molecule has 2 heterocycles. The lowest BCUT2D eigenvalue weighted by molar-refractivity contribution is -0.384. The molecular weight excluding hydrogens is 370 g/mol. The van der Waals surface area contributed by atoms with E-state index < -0.39 is 10.8 Å². The Morgan fingerprint density at radius 3 is 2.85 bits per heavy atom. The van der Waals surface area contributed by atoms with E-state index in [0.717, 1.165) is 0 Å². The number of nitro benzene ring substituents is 1. The zero-order chi connectivity index (χ0) is 18.8. The van der Waals surface area contributed by atoms with Crippen LogP contribution < -0.4 is 14.8 Å². The smallest absolute Gasteiger partial charge is 0.270 e. The van der Waals surface area contributed by atoms with Gasteiger partial charge in [-0.3, -0.25) is 20.2 Å². The van der Waals surface area contributed by atoms with Crippen molar-refractivity contribution in [2.75, 3.05) is 11.9 Å². The predicted molar refractivity (Wildman–Crippen MR) is 98.5 cm³/mol. The summed E-state index contributed by atoms with van der Waals surface area (Å²) in [4.78, 5) is 27.0. The number of thiazole rings is 1. The van der Waals surface area contributed by atoms with Crippen molar-refractivity contribution >= 4 is 28.1 Å². The number of rotatable bonds is 4. The summed E-state index contributed by atoms with van der Waals surface area (Å²) in [7, 11) is 0. The van der Waals surface area contributed by atoms with Gasteiger partial charge in [0.15, 0.2) is 22.7 Å². The summed E-state index contributed by atoms with van der Waals surface area (Å²) in [5.74, 6) is 0.859. The highest BCUT2D eigenvalue weighted by Gasteiger charge is 2.25. The number of anilines is 1. The van der Waals surface area contributed by atoms with Crippen molar-refractivity contribution < 1.29 is 19.2 Å². The standard InChI is InChI=1S/C18H13N3O5S/c22-17(11-4-3-5-12(8-11)21(23)24)20-18-19-13(10-27-18)16-9-25-14-6-1-2-7-15(14)26-16/h1-8,10,16H,9H2,(H,19,20,22)/t16-/m0/s1. The average Bonchev–Trinajstić information content (AvgIpc) is 3.16. The molecule has 1 aliphatic rings. The molecule has 9 heteroatoms. The van der Waals surface area contributed by atoms with Gasteiger partial charge in [-0.2, -0.15) is 0 Å². The number of carbonyl (C=O) groups excluding carboxylic acids is 1. The first-order chi connectivity index (χ1) is 13.1. The third kappa shape index (κ3) is 3.58. The third-order valence-electron chi connectivity index (χ3n) is 3.90. The molecule has 0 saturated carbocycles. The Balaban J connectivity index is 1.46. The molecule has 3 aromatic rings. The summed E-state index contributed by atoms with van der Waals surface area (Å²) < 4.78 is 11.6. The number of nitrogens with zero attached hydrogens (tertiary/aromatic N) is 2. The van der Waals surface area contributed by atoms with E-state index in [4.69, 9.17) is 9.47 Å². The van der Waals surface area contributed by atoms with E-state index in [1.54, 1.807) is 5.38 Å². The Kier molecular flexibility index (Phi) is 4.43. The van der Waals surface area contributed by atoms with E-state index in [-0.39, 0.29) is 17.4 Å². The van der Waals surface area contributed by atoms with Crippen molar-refractivity contribution in [1.29, 1.82) is 0 Å². The van der Waals surface area contributed by atoms with Crippen LogP contribution in [-0.4, -0.2) is 22.4 Å². The Bertz CT molecular complexity index is 1020. The Morgan fingerprint density at radius 2 is 2.04 bits per heavy atom. The lowest BCUT2D eigenvalue weighted by atomic mass is 10.2. The molecule has 4 rings (SSSR count). The van der Waals surface area contributed by atoms with Crippen molar-refractivity contribution in [2.45, 2.75) is 6.10 Å². The molecule has 0 spiro atoms. The van der Waals surface area contributed by atoms with E-state index in [2.05, 4.69) is 10.3 Å². The number of hydrogen-bond donors (Lipinski definition) is 1. The fourth-order valence-corrected chi connectivity index (χ4v) is 3.33. The van der Waals surface area contributed by atoms with Gasteiger partial charge in [-0.25, -0.2) is 4.98 Å². The minimum atomic E-state index is -0.545. The molecule has 0 fully saturated rings. The molecule has 0 saturated heterocycles. The molecule has 1 N–H and O–H groups in total. The van der Waals surface area contributed by atoms with Crippen LogP contribution >= 0.6 is 11.3 Å². The molecular formula is C18H13N3O5S. The molecule has 0 aliphatic carbocycles. The monoisotopic (exact) mass is 383 g/mol. The van der Waals surface area contributed by atoms with Crippen molar-refractivity contribution in [1.82, 2.24) is 4.98 Å². The maximum absolute atomic E-state index is 12.3. The first kappa shape index (κ1) is 17.0. The van der Waals surface area contributed by atoms with E-state index in [0.29, 0.717) is 28.9 Å². The molecule has 1 amide bonds. The number of aromatic nitrogens is 1. The van der Waals surface area contributed by atoms with Gasteiger partial charge in [0.25, 0.3) is 11.6 Å². The molecule has 1 atom stereocenters. The summed E-state index contributed by atoms with van der Waals surface area (Å²) in [6, 6.07) is 12.9. The summed E-state index contributed by atoms with van der Waals surface area (Å²) >= 11 is 1.25. The highest BCUT2D eigenvalue weighted by atomic mass is 32.1. The molecule has 1 aliphatic heterocycles. The first-order valence-corrected chi connectivity index (χ1v) is 8.88. The van der Waals surface area contributed by atoms with E-state index in [1.807, 2.05) is 24.3 Å². The van der Waals surface area contributed by atoms with Crippen molar-refractivity contribution in [3.8, 4) is 11.5 Å². The zero-order valence-electron chi connectivity index (χ0n) is 13.8.